The van der Waals surface area contributed by atoms with Crippen LogP contribution in [0.5, 0.6) is 0 Å². The highest BCUT2D eigenvalue weighted by molar-refractivity contribution is 5.39. The topological polar surface area (TPSA) is 31.4 Å². The first-order chi connectivity index (χ1) is 10.2. The zero-order valence-corrected chi connectivity index (χ0v) is 13.4. The smallest absolute Gasteiger partial charge is 0.128 e. The fraction of sp³-hybridized carbons (Fsp3) is 0.706. The van der Waals surface area contributed by atoms with E-state index in [2.05, 4.69) is 46.1 Å². The molecule has 21 heavy (non-hydrogen) atoms. The van der Waals surface area contributed by atoms with Crippen LogP contribution >= 0.6 is 0 Å². The maximum atomic E-state index is 4.65. The molecule has 4 heteroatoms. The highest BCUT2D eigenvalue weighted by atomic mass is 15.3. The molecule has 3 rings (SSSR count). The molecule has 1 aromatic rings. The third-order valence-electron chi connectivity index (χ3n) is 4.43. The van der Waals surface area contributed by atoms with E-state index in [-0.39, 0.29) is 0 Å². The predicted octanol–water partition coefficient (Wildman–Crippen LogP) is 2.11. The molecule has 0 atom stereocenters. The van der Waals surface area contributed by atoms with Gasteiger partial charge in [0.25, 0.3) is 0 Å². The van der Waals surface area contributed by atoms with Crippen molar-refractivity contribution in [3.05, 3.63) is 23.9 Å². The van der Waals surface area contributed by atoms with E-state index >= 15 is 0 Å². The number of piperazine rings is 1. The first-order valence-electron chi connectivity index (χ1n) is 8.36. The first kappa shape index (κ1) is 14.8. The lowest BCUT2D eigenvalue weighted by Gasteiger charge is -2.35. The summed E-state index contributed by atoms with van der Waals surface area (Å²) in [5.74, 6) is 2.14. The maximum absolute atomic E-state index is 4.65. The zero-order chi connectivity index (χ0) is 14.7. The summed E-state index contributed by atoms with van der Waals surface area (Å²) in [4.78, 5) is 9.69. The summed E-state index contributed by atoms with van der Waals surface area (Å²) in [6.45, 7) is 11.2. The van der Waals surface area contributed by atoms with Crippen LogP contribution in [-0.4, -0.2) is 48.6 Å². The van der Waals surface area contributed by atoms with Gasteiger partial charge >= 0.3 is 0 Å². The number of nitrogens with one attached hydrogen (secondary N) is 1. The summed E-state index contributed by atoms with van der Waals surface area (Å²) in [5, 5.41) is 3.43. The number of hydrogen-bond acceptors (Lipinski definition) is 4. The minimum atomic E-state index is 0.518. The van der Waals surface area contributed by atoms with Crippen LogP contribution in [0.1, 0.15) is 32.3 Å². The Morgan fingerprint density at radius 3 is 2.52 bits per heavy atom. The van der Waals surface area contributed by atoms with Crippen LogP contribution in [0.25, 0.3) is 0 Å². The Morgan fingerprint density at radius 1 is 1.19 bits per heavy atom. The van der Waals surface area contributed by atoms with Crippen LogP contribution < -0.4 is 10.2 Å². The molecular formula is C17H28N4. The molecule has 0 radical (unpaired) electrons. The molecule has 2 aliphatic rings. The van der Waals surface area contributed by atoms with Crippen molar-refractivity contribution in [3.8, 4) is 0 Å². The molecule has 1 saturated carbocycles. The molecular weight excluding hydrogens is 260 g/mol. The molecule has 0 aromatic carbocycles. The van der Waals surface area contributed by atoms with E-state index in [0.29, 0.717) is 6.04 Å². The number of aromatic nitrogens is 1. The SMILES string of the molecule is CC(C)NCc1ccc(N2CCN(CC3CC3)CC2)nc1. The Kier molecular flexibility index (Phi) is 4.76. The standard InChI is InChI=1S/C17H28N4/c1-14(2)18-11-16-5-6-17(19-12-16)21-9-7-20(8-10-21)13-15-3-4-15/h5-6,12,14-15,18H,3-4,7-11,13H2,1-2H3. The van der Waals surface area contributed by atoms with Gasteiger partial charge in [-0.05, 0) is 30.4 Å². The molecule has 1 aliphatic carbocycles. The van der Waals surface area contributed by atoms with Crippen LogP contribution in [0.3, 0.4) is 0 Å². The highest BCUT2D eigenvalue weighted by Gasteiger charge is 2.26. The van der Waals surface area contributed by atoms with Crippen LogP contribution in [0.2, 0.25) is 0 Å². The Labute approximate surface area is 128 Å². The molecule has 1 saturated heterocycles. The number of hydrogen-bond donors (Lipinski definition) is 1. The average Bonchev–Trinajstić information content (AvgIpc) is 3.30. The lowest BCUT2D eigenvalue weighted by atomic mass is 10.2. The van der Waals surface area contributed by atoms with Gasteiger partial charge in [-0.25, -0.2) is 4.98 Å². The van der Waals surface area contributed by atoms with Gasteiger partial charge < -0.3 is 10.2 Å². The number of rotatable bonds is 6. The summed E-state index contributed by atoms with van der Waals surface area (Å²) < 4.78 is 0. The van der Waals surface area contributed by atoms with Gasteiger partial charge in [0.2, 0.25) is 0 Å². The van der Waals surface area contributed by atoms with Crippen LogP contribution in [0, 0.1) is 5.92 Å². The summed E-state index contributed by atoms with van der Waals surface area (Å²) in [6, 6.07) is 4.89. The van der Waals surface area contributed by atoms with E-state index < -0.39 is 0 Å². The fourth-order valence-electron chi connectivity index (χ4n) is 2.86. The second-order valence-electron chi connectivity index (χ2n) is 6.79. The Balaban J connectivity index is 1.48. The fourth-order valence-corrected chi connectivity index (χ4v) is 2.86. The summed E-state index contributed by atoms with van der Waals surface area (Å²) in [5.41, 5.74) is 1.26. The van der Waals surface area contributed by atoms with Gasteiger partial charge in [0.05, 0.1) is 0 Å². The molecule has 0 unspecified atom stereocenters. The zero-order valence-electron chi connectivity index (χ0n) is 13.4. The molecule has 0 amide bonds. The van der Waals surface area contributed by atoms with Gasteiger partial charge in [-0.1, -0.05) is 19.9 Å². The molecule has 2 fully saturated rings. The molecule has 1 aromatic heterocycles. The highest BCUT2D eigenvalue weighted by Crippen LogP contribution is 2.30. The van der Waals surface area contributed by atoms with Crippen molar-refractivity contribution in [2.45, 2.75) is 39.3 Å². The molecule has 116 valence electrons. The molecule has 4 nitrogen and oxygen atoms in total. The van der Waals surface area contributed by atoms with Gasteiger partial charge in [-0.15, -0.1) is 0 Å². The largest absolute Gasteiger partial charge is 0.354 e. The van der Waals surface area contributed by atoms with Crippen molar-refractivity contribution in [2.75, 3.05) is 37.6 Å². The van der Waals surface area contributed by atoms with Crippen molar-refractivity contribution < 1.29 is 0 Å². The summed E-state index contributed by atoms with van der Waals surface area (Å²) in [6.07, 6.45) is 4.92. The van der Waals surface area contributed by atoms with Crippen molar-refractivity contribution in [2.24, 2.45) is 5.92 Å². The van der Waals surface area contributed by atoms with E-state index in [1.165, 1.54) is 38.0 Å². The minimum absolute atomic E-state index is 0.518. The quantitative estimate of drug-likeness (QED) is 0.869. The molecule has 2 heterocycles. The van der Waals surface area contributed by atoms with Crippen molar-refractivity contribution in [1.82, 2.24) is 15.2 Å². The van der Waals surface area contributed by atoms with Crippen LogP contribution in [0.15, 0.2) is 18.3 Å². The maximum Gasteiger partial charge on any atom is 0.128 e. The van der Waals surface area contributed by atoms with Crippen molar-refractivity contribution in [1.29, 1.82) is 0 Å². The van der Waals surface area contributed by atoms with Gasteiger partial charge in [-0.2, -0.15) is 0 Å². The lowest BCUT2D eigenvalue weighted by Crippen LogP contribution is -2.47. The monoisotopic (exact) mass is 288 g/mol. The minimum Gasteiger partial charge on any atom is -0.354 e. The third-order valence-corrected chi connectivity index (χ3v) is 4.43. The number of nitrogens with zero attached hydrogens (tertiary/aromatic N) is 3. The third kappa shape index (κ3) is 4.42. The second-order valence-corrected chi connectivity index (χ2v) is 6.79. The summed E-state index contributed by atoms with van der Waals surface area (Å²) in [7, 11) is 0. The second kappa shape index (κ2) is 6.75. The lowest BCUT2D eigenvalue weighted by molar-refractivity contribution is 0.247. The number of pyridine rings is 1. The van der Waals surface area contributed by atoms with E-state index in [9.17, 15) is 0 Å². The first-order valence-corrected chi connectivity index (χ1v) is 8.36. The average molecular weight is 288 g/mol. The Morgan fingerprint density at radius 2 is 1.95 bits per heavy atom. The van der Waals surface area contributed by atoms with Crippen LogP contribution in [-0.2, 0) is 6.54 Å². The van der Waals surface area contributed by atoms with E-state index in [0.717, 1.165) is 31.4 Å². The van der Waals surface area contributed by atoms with Gasteiger partial charge in [0, 0.05) is 51.5 Å². The Hall–Kier alpha value is -1.13. The molecule has 0 bridgehead atoms. The van der Waals surface area contributed by atoms with E-state index in [4.69, 9.17) is 0 Å². The number of anilines is 1. The summed E-state index contributed by atoms with van der Waals surface area (Å²) >= 11 is 0. The van der Waals surface area contributed by atoms with Gasteiger partial charge in [0.15, 0.2) is 0 Å². The van der Waals surface area contributed by atoms with Gasteiger partial charge in [-0.3, -0.25) is 4.90 Å². The normalized spacial score (nSPS) is 20.2. The van der Waals surface area contributed by atoms with E-state index in [1.807, 2.05) is 6.20 Å². The Bertz CT molecular complexity index is 431. The predicted molar refractivity (Wildman–Crippen MR) is 87.6 cm³/mol. The van der Waals surface area contributed by atoms with E-state index in [1.54, 1.807) is 0 Å². The molecule has 1 aliphatic heterocycles. The molecule has 0 spiro atoms. The molecule has 1 N–H and O–H groups in total. The van der Waals surface area contributed by atoms with Crippen LogP contribution in [0.4, 0.5) is 5.82 Å². The van der Waals surface area contributed by atoms with Crippen molar-refractivity contribution in [3.63, 3.8) is 0 Å². The van der Waals surface area contributed by atoms with Crippen molar-refractivity contribution >= 4 is 5.82 Å². The van der Waals surface area contributed by atoms with Gasteiger partial charge in [0.1, 0.15) is 5.82 Å².